The molecule has 0 saturated carbocycles. The summed E-state index contributed by atoms with van der Waals surface area (Å²) in [4.78, 5) is 2.39. The summed E-state index contributed by atoms with van der Waals surface area (Å²) in [6.07, 6.45) is 1.15. The molecule has 16 heavy (non-hydrogen) atoms. The van der Waals surface area contributed by atoms with Crippen LogP contribution in [0, 0.1) is 5.92 Å². The van der Waals surface area contributed by atoms with E-state index >= 15 is 0 Å². The molecule has 0 spiro atoms. The largest absolute Gasteiger partial charge is 0.302 e. The van der Waals surface area contributed by atoms with Gasteiger partial charge in [-0.3, -0.25) is 4.39 Å². The molecule has 2 heteroatoms. The van der Waals surface area contributed by atoms with Gasteiger partial charge in [0.15, 0.2) is 0 Å². The lowest BCUT2D eigenvalue weighted by Crippen LogP contribution is -2.21. The Morgan fingerprint density at radius 1 is 1.25 bits per heavy atom. The second kappa shape index (κ2) is 5.44. The Morgan fingerprint density at radius 3 is 2.62 bits per heavy atom. The zero-order chi connectivity index (χ0) is 11.4. The number of halogens is 1. The van der Waals surface area contributed by atoms with Crippen molar-refractivity contribution < 1.29 is 4.39 Å². The Morgan fingerprint density at radius 2 is 2.00 bits per heavy atom. The summed E-state index contributed by atoms with van der Waals surface area (Å²) in [5.74, 6) is 0.576. The van der Waals surface area contributed by atoms with E-state index in [0.29, 0.717) is 5.92 Å². The molecule has 0 radical (unpaired) electrons. The zero-order valence-corrected chi connectivity index (χ0v) is 9.90. The highest BCUT2D eigenvalue weighted by Gasteiger charge is 2.32. The standard InChI is InChI=1S/C14H20FN/c1-2-8-16-10-13(9-15)14(11-16)12-6-4-3-5-7-12/h3-7,13-14H,2,8-11H2,1H3/t13-,14+/m1/s1. The van der Waals surface area contributed by atoms with E-state index in [2.05, 4.69) is 24.0 Å². The number of benzene rings is 1. The van der Waals surface area contributed by atoms with Crippen molar-refractivity contribution in [3.05, 3.63) is 35.9 Å². The van der Waals surface area contributed by atoms with Gasteiger partial charge in [-0.25, -0.2) is 0 Å². The van der Waals surface area contributed by atoms with Gasteiger partial charge in [-0.15, -0.1) is 0 Å². The maximum absolute atomic E-state index is 13.0. The molecular formula is C14H20FN. The first-order valence-electron chi connectivity index (χ1n) is 6.18. The first kappa shape index (κ1) is 11.6. The quantitative estimate of drug-likeness (QED) is 0.755. The van der Waals surface area contributed by atoms with E-state index in [9.17, 15) is 4.39 Å². The van der Waals surface area contributed by atoms with E-state index in [1.807, 2.05) is 18.2 Å². The van der Waals surface area contributed by atoms with Gasteiger partial charge in [0.2, 0.25) is 0 Å². The summed E-state index contributed by atoms with van der Waals surface area (Å²) < 4.78 is 13.0. The van der Waals surface area contributed by atoms with Crippen LogP contribution in [0.1, 0.15) is 24.8 Å². The molecule has 1 heterocycles. The van der Waals surface area contributed by atoms with Crippen molar-refractivity contribution in [3.63, 3.8) is 0 Å². The van der Waals surface area contributed by atoms with Crippen LogP contribution in [-0.4, -0.2) is 31.2 Å². The van der Waals surface area contributed by atoms with Crippen LogP contribution in [0.5, 0.6) is 0 Å². The Hall–Kier alpha value is -0.890. The van der Waals surface area contributed by atoms with Crippen molar-refractivity contribution in [2.24, 2.45) is 5.92 Å². The van der Waals surface area contributed by atoms with Crippen LogP contribution < -0.4 is 0 Å². The average molecular weight is 221 g/mol. The third-order valence-electron chi connectivity index (χ3n) is 3.48. The first-order chi connectivity index (χ1) is 7.85. The van der Waals surface area contributed by atoms with Gasteiger partial charge in [0, 0.05) is 24.9 Å². The van der Waals surface area contributed by atoms with Crippen LogP contribution in [-0.2, 0) is 0 Å². The van der Waals surface area contributed by atoms with Crippen LogP contribution in [0.2, 0.25) is 0 Å². The number of hydrogen-bond acceptors (Lipinski definition) is 1. The van der Waals surface area contributed by atoms with Crippen molar-refractivity contribution in [2.45, 2.75) is 19.3 Å². The highest BCUT2D eigenvalue weighted by Crippen LogP contribution is 2.32. The second-order valence-electron chi connectivity index (χ2n) is 4.69. The summed E-state index contributed by atoms with van der Waals surface area (Å²) in [6, 6.07) is 10.4. The Labute approximate surface area is 97.3 Å². The summed E-state index contributed by atoms with van der Waals surface area (Å²) in [5.41, 5.74) is 1.30. The molecule has 0 aromatic heterocycles. The van der Waals surface area contributed by atoms with Crippen LogP contribution >= 0.6 is 0 Å². The van der Waals surface area contributed by atoms with E-state index in [0.717, 1.165) is 26.1 Å². The Bertz CT molecular complexity index is 312. The fourth-order valence-corrected chi connectivity index (χ4v) is 2.69. The third kappa shape index (κ3) is 2.43. The number of rotatable bonds is 4. The minimum atomic E-state index is -0.195. The molecule has 0 N–H and O–H groups in total. The van der Waals surface area contributed by atoms with Gasteiger partial charge >= 0.3 is 0 Å². The van der Waals surface area contributed by atoms with Gasteiger partial charge < -0.3 is 4.90 Å². The minimum absolute atomic E-state index is 0.189. The Balaban J connectivity index is 2.09. The van der Waals surface area contributed by atoms with E-state index in [4.69, 9.17) is 0 Å². The van der Waals surface area contributed by atoms with E-state index in [1.165, 1.54) is 5.56 Å². The predicted molar refractivity (Wildman–Crippen MR) is 65.4 cm³/mol. The van der Waals surface area contributed by atoms with Crippen LogP contribution in [0.3, 0.4) is 0 Å². The molecule has 0 aliphatic carbocycles. The number of hydrogen-bond donors (Lipinski definition) is 0. The molecule has 1 aromatic rings. The molecular weight excluding hydrogens is 201 g/mol. The van der Waals surface area contributed by atoms with Crippen molar-refractivity contribution in [1.29, 1.82) is 0 Å². The highest BCUT2D eigenvalue weighted by molar-refractivity contribution is 5.22. The number of likely N-dealkylation sites (tertiary alicyclic amines) is 1. The molecule has 1 aliphatic heterocycles. The molecule has 1 aromatic carbocycles. The van der Waals surface area contributed by atoms with Gasteiger partial charge in [-0.2, -0.15) is 0 Å². The summed E-state index contributed by atoms with van der Waals surface area (Å²) in [7, 11) is 0. The van der Waals surface area contributed by atoms with Crippen molar-refractivity contribution in [3.8, 4) is 0 Å². The van der Waals surface area contributed by atoms with E-state index in [1.54, 1.807) is 0 Å². The molecule has 0 amide bonds. The van der Waals surface area contributed by atoms with Crippen LogP contribution in [0.25, 0.3) is 0 Å². The summed E-state index contributed by atoms with van der Waals surface area (Å²) in [5, 5.41) is 0. The predicted octanol–water partition coefficient (Wildman–Crippen LogP) is 3.08. The fourth-order valence-electron chi connectivity index (χ4n) is 2.69. The maximum atomic E-state index is 13.0. The van der Waals surface area contributed by atoms with Gasteiger partial charge in [0.1, 0.15) is 0 Å². The minimum Gasteiger partial charge on any atom is -0.302 e. The van der Waals surface area contributed by atoms with Gasteiger partial charge in [-0.05, 0) is 18.5 Å². The molecule has 0 bridgehead atoms. The van der Waals surface area contributed by atoms with Gasteiger partial charge in [0.25, 0.3) is 0 Å². The zero-order valence-electron chi connectivity index (χ0n) is 9.90. The molecule has 1 saturated heterocycles. The Kier molecular flexibility index (Phi) is 3.94. The molecule has 88 valence electrons. The second-order valence-corrected chi connectivity index (χ2v) is 4.69. The lowest BCUT2D eigenvalue weighted by Gasteiger charge is -2.15. The monoisotopic (exact) mass is 221 g/mol. The van der Waals surface area contributed by atoms with E-state index in [-0.39, 0.29) is 12.6 Å². The molecule has 2 atom stereocenters. The molecule has 1 fully saturated rings. The van der Waals surface area contributed by atoms with E-state index < -0.39 is 0 Å². The van der Waals surface area contributed by atoms with Crippen LogP contribution in [0.4, 0.5) is 4.39 Å². The maximum Gasteiger partial charge on any atom is 0.0941 e. The lowest BCUT2D eigenvalue weighted by atomic mass is 9.90. The fraction of sp³-hybridized carbons (Fsp3) is 0.571. The molecule has 1 aliphatic rings. The van der Waals surface area contributed by atoms with Crippen molar-refractivity contribution >= 4 is 0 Å². The number of nitrogens with zero attached hydrogens (tertiary/aromatic N) is 1. The average Bonchev–Trinajstić information content (AvgIpc) is 2.74. The summed E-state index contributed by atoms with van der Waals surface area (Å²) >= 11 is 0. The highest BCUT2D eigenvalue weighted by atomic mass is 19.1. The van der Waals surface area contributed by atoms with Crippen molar-refractivity contribution in [1.82, 2.24) is 4.90 Å². The van der Waals surface area contributed by atoms with Crippen LogP contribution in [0.15, 0.2) is 30.3 Å². The molecule has 2 rings (SSSR count). The summed E-state index contributed by atoms with van der Waals surface area (Å²) in [6.45, 7) is 5.02. The first-order valence-corrected chi connectivity index (χ1v) is 6.18. The normalized spacial score (nSPS) is 26.1. The topological polar surface area (TPSA) is 3.24 Å². The third-order valence-corrected chi connectivity index (χ3v) is 3.48. The van der Waals surface area contributed by atoms with Crippen molar-refractivity contribution in [2.75, 3.05) is 26.3 Å². The lowest BCUT2D eigenvalue weighted by molar-refractivity contribution is 0.302. The number of alkyl halides is 1. The van der Waals surface area contributed by atoms with Gasteiger partial charge in [0.05, 0.1) is 6.67 Å². The smallest absolute Gasteiger partial charge is 0.0941 e. The molecule has 1 nitrogen and oxygen atoms in total. The SMILES string of the molecule is CCCN1C[C@@H](CF)[C@H](c2ccccc2)C1. The molecule has 0 unspecified atom stereocenters. The van der Waals surface area contributed by atoms with Gasteiger partial charge in [-0.1, -0.05) is 37.3 Å².